The van der Waals surface area contributed by atoms with Gasteiger partial charge in [0.2, 0.25) is 0 Å². The number of nitrogens with zero attached hydrogens (tertiary/aromatic N) is 1. The fourth-order valence-electron chi connectivity index (χ4n) is 2.19. The van der Waals surface area contributed by atoms with Gasteiger partial charge >= 0.3 is 0 Å². The molecule has 0 spiro atoms. The Morgan fingerprint density at radius 3 is 2.28 bits per heavy atom. The Balaban J connectivity index is 2.71. The van der Waals surface area contributed by atoms with Crippen LogP contribution >= 0.6 is 27.5 Å². The van der Waals surface area contributed by atoms with E-state index in [-0.39, 0.29) is 0 Å². The quantitative estimate of drug-likeness (QED) is 0.250. The molecule has 0 heterocycles. The SMILES string of the molecule is CCc1cc(OC/C=C(\Cl)Br)cc(CC)c1OCCCON=C(C)C. The van der Waals surface area contributed by atoms with Gasteiger partial charge in [0.15, 0.2) is 0 Å². The van der Waals surface area contributed by atoms with Crippen LogP contribution in [0.1, 0.15) is 45.2 Å². The first-order valence-corrected chi connectivity index (χ1v) is 9.70. The standard InChI is InChI=1S/C19H27BrClNO3/c1-5-15-12-17(23-11-8-18(20)21)13-16(6-2)19(15)24-9-7-10-25-22-14(3)4/h8,12-13H,5-7,9-11H2,1-4H3/b18-8-. The highest BCUT2D eigenvalue weighted by molar-refractivity contribution is 9.12. The highest BCUT2D eigenvalue weighted by atomic mass is 79.9. The average molecular weight is 433 g/mol. The molecular formula is C19H27BrClNO3. The lowest BCUT2D eigenvalue weighted by molar-refractivity contribution is 0.127. The van der Waals surface area contributed by atoms with Gasteiger partial charge in [-0.15, -0.1) is 0 Å². The average Bonchev–Trinajstić information content (AvgIpc) is 2.57. The molecule has 0 fully saturated rings. The van der Waals surface area contributed by atoms with Crippen LogP contribution in [0.4, 0.5) is 0 Å². The number of halogens is 2. The van der Waals surface area contributed by atoms with Crippen LogP contribution in [0.15, 0.2) is 27.3 Å². The minimum absolute atomic E-state index is 0.422. The lowest BCUT2D eigenvalue weighted by Crippen LogP contribution is -2.06. The molecule has 0 radical (unpaired) electrons. The molecule has 25 heavy (non-hydrogen) atoms. The van der Waals surface area contributed by atoms with Gasteiger partial charge in [-0.2, -0.15) is 0 Å². The van der Waals surface area contributed by atoms with Crippen molar-refractivity contribution in [1.82, 2.24) is 0 Å². The van der Waals surface area contributed by atoms with Crippen molar-refractivity contribution in [3.8, 4) is 11.5 Å². The highest BCUT2D eigenvalue weighted by Crippen LogP contribution is 2.31. The predicted molar refractivity (Wildman–Crippen MR) is 108 cm³/mol. The zero-order chi connectivity index (χ0) is 18.7. The van der Waals surface area contributed by atoms with Crippen molar-refractivity contribution < 1.29 is 14.3 Å². The molecule has 0 unspecified atom stereocenters. The van der Waals surface area contributed by atoms with Crippen LogP contribution in [-0.2, 0) is 17.7 Å². The molecular weight excluding hydrogens is 406 g/mol. The molecule has 4 nitrogen and oxygen atoms in total. The monoisotopic (exact) mass is 431 g/mol. The van der Waals surface area contributed by atoms with Crippen LogP contribution < -0.4 is 9.47 Å². The van der Waals surface area contributed by atoms with E-state index in [2.05, 4.69) is 34.9 Å². The molecule has 0 atom stereocenters. The normalized spacial score (nSPS) is 11.2. The minimum Gasteiger partial charge on any atom is -0.493 e. The molecule has 140 valence electrons. The minimum atomic E-state index is 0.422. The van der Waals surface area contributed by atoms with E-state index in [9.17, 15) is 0 Å². The summed E-state index contributed by atoms with van der Waals surface area (Å²) < 4.78 is 12.3. The van der Waals surface area contributed by atoms with E-state index in [0.717, 1.165) is 47.6 Å². The second-order valence-corrected chi connectivity index (χ2v) is 7.37. The molecule has 0 bridgehead atoms. The van der Waals surface area contributed by atoms with E-state index in [1.54, 1.807) is 6.08 Å². The summed E-state index contributed by atoms with van der Waals surface area (Å²) in [7, 11) is 0. The van der Waals surface area contributed by atoms with E-state index >= 15 is 0 Å². The Bertz CT molecular complexity index is 569. The summed E-state index contributed by atoms with van der Waals surface area (Å²) in [4.78, 5) is 5.20. The molecule has 0 N–H and O–H groups in total. The lowest BCUT2D eigenvalue weighted by Gasteiger charge is -2.17. The maximum Gasteiger partial charge on any atom is 0.125 e. The van der Waals surface area contributed by atoms with Gasteiger partial charge in [0.25, 0.3) is 0 Å². The maximum absolute atomic E-state index is 6.03. The zero-order valence-electron chi connectivity index (χ0n) is 15.4. The van der Waals surface area contributed by atoms with Crippen molar-refractivity contribution >= 4 is 33.2 Å². The Morgan fingerprint density at radius 1 is 1.12 bits per heavy atom. The van der Waals surface area contributed by atoms with Crippen molar-refractivity contribution in [2.45, 2.75) is 47.0 Å². The van der Waals surface area contributed by atoms with Gasteiger partial charge < -0.3 is 14.3 Å². The molecule has 1 rings (SSSR count). The fraction of sp³-hybridized carbons (Fsp3) is 0.526. The third-order valence-corrected chi connectivity index (χ3v) is 3.82. The summed E-state index contributed by atoms with van der Waals surface area (Å²) in [6.07, 6.45) is 4.31. The van der Waals surface area contributed by atoms with E-state index in [1.807, 2.05) is 26.0 Å². The van der Waals surface area contributed by atoms with Gasteiger partial charge in [-0.3, -0.25) is 0 Å². The van der Waals surface area contributed by atoms with Crippen LogP contribution in [-0.4, -0.2) is 25.5 Å². The van der Waals surface area contributed by atoms with E-state index in [4.69, 9.17) is 25.9 Å². The van der Waals surface area contributed by atoms with Gasteiger partial charge in [-0.05, 0) is 72.0 Å². The Morgan fingerprint density at radius 2 is 1.76 bits per heavy atom. The molecule has 0 aromatic heterocycles. The zero-order valence-corrected chi connectivity index (χ0v) is 17.7. The summed E-state index contributed by atoms with van der Waals surface area (Å²) >= 11 is 8.93. The second kappa shape index (κ2) is 12.2. The molecule has 1 aromatic carbocycles. The summed E-state index contributed by atoms with van der Waals surface area (Å²) in [5, 5.41) is 3.92. The van der Waals surface area contributed by atoms with Crippen LogP contribution in [0, 0.1) is 0 Å². The number of hydrogen-bond acceptors (Lipinski definition) is 4. The molecule has 0 saturated carbocycles. The summed E-state index contributed by atoms with van der Waals surface area (Å²) in [6, 6.07) is 4.07. The second-order valence-electron chi connectivity index (χ2n) is 5.66. The van der Waals surface area contributed by atoms with E-state index < -0.39 is 0 Å². The predicted octanol–water partition coefficient (Wildman–Crippen LogP) is 5.85. The van der Waals surface area contributed by atoms with Gasteiger partial charge in [-0.25, -0.2) is 0 Å². The summed E-state index contributed by atoms with van der Waals surface area (Å²) in [5.41, 5.74) is 3.20. The molecule has 1 aromatic rings. The Kier molecular flexibility index (Phi) is 10.7. The van der Waals surface area contributed by atoms with Gasteiger partial charge in [-0.1, -0.05) is 30.6 Å². The molecule has 0 aliphatic carbocycles. The van der Waals surface area contributed by atoms with Gasteiger partial charge in [0.1, 0.15) is 24.7 Å². The van der Waals surface area contributed by atoms with Crippen LogP contribution in [0.5, 0.6) is 11.5 Å². The molecule has 0 amide bonds. The first-order chi connectivity index (χ1) is 12.0. The van der Waals surface area contributed by atoms with Crippen LogP contribution in [0.3, 0.4) is 0 Å². The smallest absolute Gasteiger partial charge is 0.125 e. The van der Waals surface area contributed by atoms with Crippen LogP contribution in [0.2, 0.25) is 0 Å². The number of hydrogen-bond donors (Lipinski definition) is 0. The van der Waals surface area contributed by atoms with Gasteiger partial charge in [0.05, 0.1) is 16.3 Å². The molecule has 0 saturated heterocycles. The van der Waals surface area contributed by atoms with Crippen molar-refractivity contribution in [3.63, 3.8) is 0 Å². The van der Waals surface area contributed by atoms with Crippen molar-refractivity contribution in [2.75, 3.05) is 19.8 Å². The van der Waals surface area contributed by atoms with E-state index in [0.29, 0.717) is 23.8 Å². The van der Waals surface area contributed by atoms with Crippen molar-refractivity contribution in [1.29, 1.82) is 0 Å². The number of benzene rings is 1. The first kappa shape index (κ1) is 21.8. The maximum atomic E-state index is 6.03. The summed E-state index contributed by atoms with van der Waals surface area (Å²) in [5.74, 6) is 1.79. The fourth-order valence-corrected chi connectivity index (χ4v) is 2.38. The highest BCUT2D eigenvalue weighted by Gasteiger charge is 2.11. The number of rotatable bonds is 11. The Hall–Kier alpha value is -1.20. The van der Waals surface area contributed by atoms with E-state index in [1.165, 1.54) is 0 Å². The topological polar surface area (TPSA) is 40.0 Å². The molecule has 0 aliphatic rings. The third-order valence-electron chi connectivity index (χ3n) is 3.34. The van der Waals surface area contributed by atoms with Gasteiger partial charge in [0, 0.05) is 6.42 Å². The number of ether oxygens (including phenoxy) is 2. The lowest BCUT2D eigenvalue weighted by atomic mass is 10.0. The molecule has 0 aliphatic heterocycles. The largest absolute Gasteiger partial charge is 0.493 e. The summed E-state index contributed by atoms with van der Waals surface area (Å²) in [6.45, 7) is 9.61. The van der Waals surface area contributed by atoms with Crippen molar-refractivity contribution in [3.05, 3.63) is 33.3 Å². The Labute approximate surface area is 164 Å². The third kappa shape index (κ3) is 8.63. The van der Waals surface area contributed by atoms with Crippen LogP contribution in [0.25, 0.3) is 0 Å². The van der Waals surface area contributed by atoms with Crippen molar-refractivity contribution in [2.24, 2.45) is 5.16 Å². The molecule has 6 heteroatoms. The first-order valence-electron chi connectivity index (χ1n) is 8.53. The number of oxime groups is 1. The number of aryl methyl sites for hydroxylation is 2.